The summed E-state index contributed by atoms with van der Waals surface area (Å²) in [5, 5.41) is 12.3. The van der Waals surface area contributed by atoms with E-state index < -0.39 is 0 Å². The van der Waals surface area contributed by atoms with Gasteiger partial charge < -0.3 is 4.74 Å². The van der Waals surface area contributed by atoms with Crippen molar-refractivity contribution in [2.45, 2.75) is 20.8 Å². The zero-order chi connectivity index (χ0) is 13.1. The lowest BCUT2D eigenvalue weighted by Crippen LogP contribution is -1.96. The average molecular weight is 244 g/mol. The highest BCUT2D eigenvalue weighted by atomic mass is 16.5. The van der Waals surface area contributed by atoms with E-state index in [0.717, 1.165) is 28.5 Å². The summed E-state index contributed by atoms with van der Waals surface area (Å²) in [5.41, 5.74) is 2.10. The molecule has 0 spiro atoms. The van der Waals surface area contributed by atoms with Crippen molar-refractivity contribution < 1.29 is 4.74 Å². The molecule has 0 saturated heterocycles. The molecule has 0 aliphatic carbocycles. The maximum absolute atomic E-state index is 5.22. The van der Waals surface area contributed by atoms with E-state index in [0.29, 0.717) is 0 Å². The van der Waals surface area contributed by atoms with Gasteiger partial charge in [-0.15, -0.1) is 10.2 Å². The molecule has 2 aromatic rings. The van der Waals surface area contributed by atoms with Crippen molar-refractivity contribution >= 4 is 6.21 Å². The van der Waals surface area contributed by atoms with Gasteiger partial charge in [-0.25, -0.2) is 4.68 Å². The van der Waals surface area contributed by atoms with Gasteiger partial charge >= 0.3 is 0 Å². The Morgan fingerprint density at radius 3 is 2.39 bits per heavy atom. The number of benzene rings is 1. The average Bonchev–Trinajstić information content (AvgIpc) is 2.67. The number of aryl methyl sites for hydroxylation is 3. The van der Waals surface area contributed by atoms with Crippen LogP contribution in [0, 0.1) is 20.8 Å². The third-order valence-electron chi connectivity index (χ3n) is 2.69. The second-order valence-electron chi connectivity index (χ2n) is 4.08. The Labute approximate surface area is 106 Å². The van der Waals surface area contributed by atoms with Gasteiger partial charge in [-0.3, -0.25) is 0 Å². The van der Waals surface area contributed by atoms with E-state index in [1.54, 1.807) is 18.0 Å². The van der Waals surface area contributed by atoms with Crippen LogP contribution in [0.3, 0.4) is 0 Å². The highest BCUT2D eigenvalue weighted by Gasteiger charge is 2.02. The highest BCUT2D eigenvalue weighted by molar-refractivity contribution is 5.80. The van der Waals surface area contributed by atoms with Gasteiger partial charge in [0, 0.05) is 0 Å². The largest absolute Gasteiger partial charge is 0.496 e. The van der Waals surface area contributed by atoms with E-state index in [4.69, 9.17) is 4.74 Å². The number of methoxy groups -OCH3 is 1. The van der Waals surface area contributed by atoms with Crippen LogP contribution in [0.5, 0.6) is 5.75 Å². The summed E-state index contributed by atoms with van der Waals surface area (Å²) >= 11 is 0. The lowest BCUT2D eigenvalue weighted by atomic mass is 10.1. The highest BCUT2D eigenvalue weighted by Crippen LogP contribution is 2.17. The van der Waals surface area contributed by atoms with Crippen LogP contribution in [-0.2, 0) is 0 Å². The fourth-order valence-corrected chi connectivity index (χ4v) is 1.74. The van der Waals surface area contributed by atoms with E-state index in [2.05, 4.69) is 15.3 Å². The third-order valence-corrected chi connectivity index (χ3v) is 2.69. The number of hydrogen-bond donors (Lipinski definition) is 0. The maximum atomic E-state index is 5.22. The Morgan fingerprint density at radius 1 is 1.17 bits per heavy atom. The molecular formula is C13H16N4O. The molecule has 0 unspecified atom stereocenters. The summed E-state index contributed by atoms with van der Waals surface area (Å²) < 4.78 is 6.93. The summed E-state index contributed by atoms with van der Waals surface area (Å²) in [6.45, 7) is 5.75. The quantitative estimate of drug-likeness (QED) is 0.777. The summed E-state index contributed by atoms with van der Waals surface area (Å²) in [4.78, 5) is 0. The molecule has 94 valence electrons. The van der Waals surface area contributed by atoms with Crippen LogP contribution in [0.25, 0.3) is 0 Å². The molecule has 0 N–H and O–H groups in total. The van der Waals surface area contributed by atoms with Crippen LogP contribution in [0.1, 0.15) is 22.8 Å². The third kappa shape index (κ3) is 2.40. The zero-order valence-electron chi connectivity index (χ0n) is 11.0. The monoisotopic (exact) mass is 244 g/mol. The molecule has 1 heterocycles. The number of ether oxygens (including phenoxy) is 1. The van der Waals surface area contributed by atoms with Gasteiger partial charge in [0.05, 0.1) is 13.3 Å². The molecule has 0 radical (unpaired) electrons. The van der Waals surface area contributed by atoms with Crippen molar-refractivity contribution in [2.75, 3.05) is 7.11 Å². The minimum absolute atomic E-state index is 0.772. The predicted octanol–water partition coefficient (Wildman–Crippen LogP) is 2.09. The second-order valence-corrected chi connectivity index (χ2v) is 4.08. The molecule has 0 fully saturated rings. The van der Waals surface area contributed by atoms with Crippen molar-refractivity contribution in [3.63, 3.8) is 0 Å². The van der Waals surface area contributed by atoms with Crippen molar-refractivity contribution in [3.8, 4) is 5.75 Å². The first kappa shape index (κ1) is 12.3. The molecule has 1 aromatic carbocycles. The molecule has 1 aromatic heterocycles. The normalized spacial score (nSPS) is 11.1. The molecule has 0 bridgehead atoms. The van der Waals surface area contributed by atoms with Crippen molar-refractivity contribution in [2.24, 2.45) is 5.10 Å². The van der Waals surface area contributed by atoms with Gasteiger partial charge in [0.15, 0.2) is 11.6 Å². The number of aromatic nitrogens is 3. The molecule has 0 aliphatic heterocycles. The first-order valence-corrected chi connectivity index (χ1v) is 5.69. The topological polar surface area (TPSA) is 52.3 Å². The lowest BCUT2D eigenvalue weighted by Gasteiger charge is -2.04. The predicted molar refractivity (Wildman–Crippen MR) is 70.2 cm³/mol. The number of hydrogen-bond acceptors (Lipinski definition) is 4. The van der Waals surface area contributed by atoms with Crippen LogP contribution < -0.4 is 4.74 Å². The Morgan fingerprint density at radius 2 is 1.83 bits per heavy atom. The van der Waals surface area contributed by atoms with Crippen molar-refractivity contribution in [1.29, 1.82) is 0 Å². The van der Waals surface area contributed by atoms with E-state index in [1.807, 2.05) is 39.0 Å². The second kappa shape index (κ2) is 5.00. The van der Waals surface area contributed by atoms with Crippen molar-refractivity contribution in [3.05, 3.63) is 41.0 Å². The van der Waals surface area contributed by atoms with Crippen LogP contribution in [0.2, 0.25) is 0 Å². The summed E-state index contributed by atoms with van der Waals surface area (Å²) in [6, 6.07) is 5.92. The minimum Gasteiger partial charge on any atom is -0.496 e. The number of nitrogens with zero attached hydrogens (tertiary/aromatic N) is 4. The molecule has 5 nitrogen and oxygen atoms in total. The smallest absolute Gasteiger partial charge is 0.151 e. The summed E-state index contributed by atoms with van der Waals surface area (Å²) in [5.74, 6) is 2.42. The van der Waals surface area contributed by atoms with Crippen LogP contribution in [0.4, 0.5) is 0 Å². The first-order chi connectivity index (χ1) is 8.61. The molecule has 5 heteroatoms. The number of rotatable bonds is 3. The molecule has 2 rings (SSSR count). The Kier molecular flexibility index (Phi) is 3.41. The van der Waals surface area contributed by atoms with Gasteiger partial charge in [0.25, 0.3) is 0 Å². The van der Waals surface area contributed by atoms with Gasteiger partial charge in [-0.1, -0.05) is 0 Å². The molecular weight excluding hydrogens is 228 g/mol. The fourth-order valence-electron chi connectivity index (χ4n) is 1.74. The maximum Gasteiger partial charge on any atom is 0.151 e. The lowest BCUT2D eigenvalue weighted by molar-refractivity contribution is 0.411. The molecule has 0 saturated carbocycles. The van der Waals surface area contributed by atoms with Gasteiger partial charge in [-0.2, -0.15) is 5.10 Å². The van der Waals surface area contributed by atoms with E-state index in [9.17, 15) is 0 Å². The molecule has 0 amide bonds. The Bertz CT molecular complexity index is 567. The van der Waals surface area contributed by atoms with Gasteiger partial charge in [0.2, 0.25) is 0 Å². The standard InChI is InChI=1S/C13H16N4O/c1-9-7-12(5-6-13(9)18-4)8-14-17-10(2)15-16-11(17)3/h5-8H,1-4H3. The van der Waals surface area contributed by atoms with Crippen LogP contribution >= 0.6 is 0 Å². The Balaban J connectivity index is 2.27. The molecule has 18 heavy (non-hydrogen) atoms. The first-order valence-electron chi connectivity index (χ1n) is 5.69. The van der Waals surface area contributed by atoms with Gasteiger partial charge in [0.1, 0.15) is 5.75 Å². The minimum atomic E-state index is 0.772. The fraction of sp³-hybridized carbons (Fsp3) is 0.308. The summed E-state index contributed by atoms with van der Waals surface area (Å²) in [6.07, 6.45) is 1.79. The SMILES string of the molecule is COc1ccc(C=Nn2c(C)nnc2C)cc1C. The van der Waals surface area contributed by atoms with Crippen LogP contribution in [0.15, 0.2) is 23.3 Å². The van der Waals surface area contributed by atoms with E-state index in [-0.39, 0.29) is 0 Å². The van der Waals surface area contributed by atoms with E-state index >= 15 is 0 Å². The summed E-state index contributed by atoms with van der Waals surface area (Å²) in [7, 11) is 1.67. The molecule has 0 atom stereocenters. The van der Waals surface area contributed by atoms with E-state index in [1.165, 1.54) is 0 Å². The Hall–Kier alpha value is -2.17. The zero-order valence-corrected chi connectivity index (χ0v) is 11.0. The molecule has 0 aliphatic rings. The van der Waals surface area contributed by atoms with Crippen LogP contribution in [-0.4, -0.2) is 28.2 Å². The van der Waals surface area contributed by atoms with Gasteiger partial charge in [-0.05, 0) is 50.1 Å². The van der Waals surface area contributed by atoms with Crippen molar-refractivity contribution in [1.82, 2.24) is 14.9 Å².